The summed E-state index contributed by atoms with van der Waals surface area (Å²) >= 11 is 0.940. The predicted molar refractivity (Wildman–Crippen MR) is 72.2 cm³/mol. The van der Waals surface area contributed by atoms with Gasteiger partial charge in [-0.1, -0.05) is 6.92 Å². The van der Waals surface area contributed by atoms with E-state index in [-0.39, 0.29) is 10.8 Å². The van der Waals surface area contributed by atoms with Gasteiger partial charge in [0.1, 0.15) is 10.8 Å². The number of hydrogen-bond donors (Lipinski definition) is 1. The molecule has 20 heavy (non-hydrogen) atoms. The van der Waals surface area contributed by atoms with Gasteiger partial charge in [0.25, 0.3) is 10.0 Å². The lowest BCUT2D eigenvalue weighted by atomic mass is 10.3. The molecule has 116 valence electrons. The molecular formula is C11H17F3N2O2S2. The molecule has 0 amide bonds. The molecule has 0 bridgehead atoms. The van der Waals surface area contributed by atoms with Gasteiger partial charge in [0, 0.05) is 13.1 Å². The molecule has 0 aliphatic rings. The van der Waals surface area contributed by atoms with Crippen LogP contribution in [0.25, 0.3) is 0 Å². The molecule has 0 atom stereocenters. The van der Waals surface area contributed by atoms with Crippen molar-refractivity contribution in [1.82, 2.24) is 9.62 Å². The van der Waals surface area contributed by atoms with Crippen molar-refractivity contribution >= 4 is 21.4 Å². The molecule has 0 unspecified atom stereocenters. The molecule has 0 fully saturated rings. The fourth-order valence-corrected chi connectivity index (χ4v) is 4.53. The van der Waals surface area contributed by atoms with Crippen molar-refractivity contribution < 1.29 is 21.6 Å². The van der Waals surface area contributed by atoms with Crippen molar-refractivity contribution in [1.29, 1.82) is 0 Å². The molecule has 0 aromatic carbocycles. The van der Waals surface area contributed by atoms with Crippen LogP contribution in [0.2, 0.25) is 0 Å². The monoisotopic (exact) mass is 330 g/mol. The molecule has 1 aromatic heterocycles. The molecule has 1 rings (SSSR count). The summed E-state index contributed by atoms with van der Waals surface area (Å²) in [4.78, 5) is 0. The lowest BCUT2D eigenvalue weighted by Crippen LogP contribution is -2.39. The lowest BCUT2D eigenvalue weighted by molar-refractivity contribution is -0.136. The van der Waals surface area contributed by atoms with Crippen LogP contribution in [0.5, 0.6) is 0 Å². The molecule has 1 N–H and O–H groups in total. The Morgan fingerprint density at radius 2 is 2.05 bits per heavy atom. The standard InChI is InChI=1S/C11H17F3N2O2S2/c1-3-4-16(8-11(12,13)14)20(17,18)10-5-9(6-15-2)7-19-10/h5,7,15H,3-4,6,8H2,1-2H3. The molecule has 1 aromatic rings. The number of nitrogens with one attached hydrogen (secondary N) is 1. The van der Waals surface area contributed by atoms with E-state index in [0.29, 0.717) is 17.3 Å². The Morgan fingerprint density at radius 3 is 2.55 bits per heavy atom. The van der Waals surface area contributed by atoms with E-state index in [0.717, 1.165) is 16.9 Å². The van der Waals surface area contributed by atoms with Crippen molar-refractivity contribution in [3.8, 4) is 0 Å². The average Bonchev–Trinajstić information content (AvgIpc) is 2.76. The molecule has 0 saturated carbocycles. The molecule has 0 spiro atoms. The van der Waals surface area contributed by atoms with Crippen LogP contribution in [0, 0.1) is 0 Å². The van der Waals surface area contributed by atoms with Gasteiger partial charge in [0.2, 0.25) is 0 Å². The van der Waals surface area contributed by atoms with Gasteiger partial charge in [-0.05, 0) is 30.5 Å². The second-order valence-electron chi connectivity index (χ2n) is 4.26. The van der Waals surface area contributed by atoms with E-state index < -0.39 is 22.7 Å². The lowest BCUT2D eigenvalue weighted by Gasteiger charge is -2.21. The van der Waals surface area contributed by atoms with Crippen LogP contribution in [0.4, 0.5) is 13.2 Å². The Hall–Kier alpha value is -0.640. The zero-order valence-electron chi connectivity index (χ0n) is 11.2. The first-order valence-corrected chi connectivity index (χ1v) is 8.31. The van der Waals surface area contributed by atoms with Crippen molar-refractivity contribution in [2.75, 3.05) is 20.1 Å². The van der Waals surface area contributed by atoms with Crippen molar-refractivity contribution in [3.63, 3.8) is 0 Å². The number of alkyl halides is 3. The largest absolute Gasteiger partial charge is 0.402 e. The van der Waals surface area contributed by atoms with Gasteiger partial charge >= 0.3 is 6.18 Å². The quantitative estimate of drug-likeness (QED) is 0.835. The Bertz CT molecular complexity index is 526. The van der Waals surface area contributed by atoms with Crippen LogP contribution in [0.1, 0.15) is 18.9 Å². The minimum Gasteiger partial charge on any atom is -0.316 e. The molecule has 0 radical (unpaired) electrons. The van der Waals surface area contributed by atoms with Crippen LogP contribution < -0.4 is 5.32 Å². The summed E-state index contributed by atoms with van der Waals surface area (Å²) in [5, 5.41) is 4.49. The van der Waals surface area contributed by atoms with Gasteiger partial charge in [-0.2, -0.15) is 17.5 Å². The van der Waals surface area contributed by atoms with E-state index in [9.17, 15) is 21.6 Å². The van der Waals surface area contributed by atoms with E-state index in [1.807, 2.05) is 0 Å². The Balaban J connectivity index is 3.02. The summed E-state index contributed by atoms with van der Waals surface area (Å²) in [5.41, 5.74) is 0.736. The van der Waals surface area contributed by atoms with Gasteiger partial charge in [0.05, 0.1) is 0 Å². The van der Waals surface area contributed by atoms with Crippen LogP contribution in [-0.2, 0) is 16.6 Å². The van der Waals surface area contributed by atoms with Crippen LogP contribution in [0.15, 0.2) is 15.7 Å². The minimum absolute atomic E-state index is 0.0551. The topological polar surface area (TPSA) is 49.4 Å². The van der Waals surface area contributed by atoms with E-state index >= 15 is 0 Å². The van der Waals surface area contributed by atoms with Gasteiger partial charge in [-0.15, -0.1) is 11.3 Å². The fourth-order valence-electron chi connectivity index (χ4n) is 1.65. The van der Waals surface area contributed by atoms with Crippen molar-refractivity contribution in [3.05, 3.63) is 17.0 Å². The maximum Gasteiger partial charge on any atom is 0.402 e. The summed E-state index contributed by atoms with van der Waals surface area (Å²) < 4.78 is 62.4. The van der Waals surface area contributed by atoms with Crippen LogP contribution in [-0.4, -0.2) is 39.0 Å². The molecule has 0 saturated heterocycles. The van der Waals surface area contributed by atoms with Crippen LogP contribution >= 0.6 is 11.3 Å². The summed E-state index contributed by atoms with van der Waals surface area (Å²) in [7, 11) is -2.38. The first-order chi connectivity index (χ1) is 9.20. The SMILES string of the molecule is CCCN(CC(F)(F)F)S(=O)(=O)c1cc(CNC)cs1. The first kappa shape index (κ1) is 17.4. The molecular weight excluding hydrogens is 313 g/mol. The summed E-state index contributed by atoms with van der Waals surface area (Å²) in [5.74, 6) is 0. The highest BCUT2D eigenvalue weighted by molar-refractivity contribution is 7.91. The normalized spacial score (nSPS) is 13.1. The molecule has 0 aliphatic heterocycles. The highest BCUT2D eigenvalue weighted by Crippen LogP contribution is 2.27. The third-order valence-electron chi connectivity index (χ3n) is 2.43. The van der Waals surface area contributed by atoms with Crippen LogP contribution in [0.3, 0.4) is 0 Å². The van der Waals surface area contributed by atoms with E-state index in [1.165, 1.54) is 6.07 Å². The van der Waals surface area contributed by atoms with Crippen molar-refractivity contribution in [2.24, 2.45) is 0 Å². The molecule has 4 nitrogen and oxygen atoms in total. The van der Waals surface area contributed by atoms with E-state index in [2.05, 4.69) is 5.32 Å². The highest BCUT2D eigenvalue weighted by atomic mass is 32.2. The van der Waals surface area contributed by atoms with E-state index in [1.54, 1.807) is 19.4 Å². The number of hydrogen-bond acceptors (Lipinski definition) is 4. The zero-order chi connectivity index (χ0) is 15.4. The number of halogens is 3. The van der Waals surface area contributed by atoms with Gasteiger partial charge < -0.3 is 5.32 Å². The molecule has 0 aliphatic carbocycles. The number of sulfonamides is 1. The summed E-state index contributed by atoms with van der Waals surface area (Å²) in [6.07, 6.45) is -4.22. The predicted octanol–water partition coefficient (Wildman–Crippen LogP) is 2.43. The van der Waals surface area contributed by atoms with Gasteiger partial charge in [-0.25, -0.2) is 8.42 Å². The molecule has 1 heterocycles. The zero-order valence-corrected chi connectivity index (χ0v) is 12.8. The van der Waals surface area contributed by atoms with Crippen molar-refractivity contribution in [2.45, 2.75) is 30.3 Å². The smallest absolute Gasteiger partial charge is 0.316 e. The Kier molecular flexibility index (Phi) is 5.99. The maximum atomic E-state index is 12.5. The average molecular weight is 330 g/mol. The van der Waals surface area contributed by atoms with Gasteiger partial charge in [0.15, 0.2) is 0 Å². The maximum absolute atomic E-state index is 12.5. The third kappa shape index (κ3) is 4.72. The minimum atomic E-state index is -4.55. The number of thiophene rings is 1. The second kappa shape index (κ2) is 6.88. The number of rotatable bonds is 7. The first-order valence-electron chi connectivity index (χ1n) is 5.99. The fraction of sp³-hybridized carbons (Fsp3) is 0.636. The summed E-state index contributed by atoms with van der Waals surface area (Å²) in [6.45, 7) is 0.502. The number of nitrogens with zero attached hydrogens (tertiary/aromatic N) is 1. The Labute approximate surface area is 120 Å². The summed E-state index contributed by atoms with van der Waals surface area (Å²) in [6, 6.07) is 1.41. The van der Waals surface area contributed by atoms with E-state index in [4.69, 9.17) is 0 Å². The van der Waals surface area contributed by atoms with Gasteiger partial charge in [-0.3, -0.25) is 0 Å². The molecule has 9 heteroatoms. The highest BCUT2D eigenvalue weighted by Gasteiger charge is 2.37. The third-order valence-corrected chi connectivity index (χ3v) is 5.74. The Morgan fingerprint density at radius 1 is 1.40 bits per heavy atom. The second-order valence-corrected chi connectivity index (χ2v) is 7.33.